The summed E-state index contributed by atoms with van der Waals surface area (Å²) in [6.45, 7) is 8.56. The molecule has 256 valence electrons. The van der Waals surface area contributed by atoms with E-state index in [1.807, 2.05) is 0 Å². The van der Waals surface area contributed by atoms with Crippen molar-refractivity contribution in [1.29, 1.82) is 0 Å². The second-order valence-corrected chi connectivity index (χ2v) is 14.8. The summed E-state index contributed by atoms with van der Waals surface area (Å²) in [5, 5.41) is 0. The minimum Gasteiger partial charge on any atom is -0.195 e. The van der Waals surface area contributed by atoms with Crippen molar-refractivity contribution in [3.05, 3.63) is 216 Å². The zero-order valence-electron chi connectivity index (χ0n) is 31.1. The van der Waals surface area contributed by atoms with Crippen molar-refractivity contribution in [1.82, 2.24) is 0 Å². The summed E-state index contributed by atoms with van der Waals surface area (Å²) < 4.78 is 0. The first-order valence-corrected chi connectivity index (χ1v) is 18.7. The van der Waals surface area contributed by atoms with Gasteiger partial charge in [0.15, 0.2) is 0 Å². The van der Waals surface area contributed by atoms with Gasteiger partial charge in [0.25, 0.3) is 0 Å². The number of rotatable bonds is 8. The molecule has 1 heteroatoms. The SMILES string of the molecule is Cc1ccc(-c2ccc([B-](c3ccc(-c4ccc(C)cc4)cc3)(c3ccc(-c4ccc(C)cc4)cc3)c3ccc(-c4ccc(C)cc4)cc3)cc2)cc1. The highest BCUT2D eigenvalue weighted by molar-refractivity contribution is 7.19. The monoisotopic (exact) mass is 679 g/mol. The molecular formula is C52H44B-. The summed E-state index contributed by atoms with van der Waals surface area (Å²) in [5.41, 5.74) is 20.0. The molecule has 8 aromatic rings. The number of benzene rings is 8. The molecule has 8 aromatic carbocycles. The second kappa shape index (κ2) is 14.4. The van der Waals surface area contributed by atoms with Crippen molar-refractivity contribution >= 4 is 28.0 Å². The lowest BCUT2D eigenvalue weighted by atomic mass is 9.13. The second-order valence-electron chi connectivity index (χ2n) is 14.8. The van der Waals surface area contributed by atoms with Gasteiger partial charge in [-0.2, -0.15) is 21.9 Å². The summed E-state index contributed by atoms with van der Waals surface area (Å²) in [4.78, 5) is 0. The molecule has 0 aliphatic heterocycles. The topological polar surface area (TPSA) is 0 Å². The van der Waals surface area contributed by atoms with Gasteiger partial charge in [0.2, 0.25) is 0 Å². The Balaban J connectivity index is 1.33. The third kappa shape index (κ3) is 6.79. The molecule has 53 heavy (non-hydrogen) atoms. The molecule has 0 radical (unpaired) electrons. The Hall–Kier alpha value is -6.18. The molecule has 0 aromatic heterocycles. The van der Waals surface area contributed by atoms with Gasteiger partial charge in [-0.05, 0) is 72.2 Å². The van der Waals surface area contributed by atoms with Crippen LogP contribution in [0.5, 0.6) is 0 Å². The van der Waals surface area contributed by atoms with Gasteiger partial charge in [-0.1, -0.05) is 216 Å². The van der Waals surface area contributed by atoms with Crippen molar-refractivity contribution < 1.29 is 0 Å². The third-order valence-electron chi connectivity index (χ3n) is 11.2. The molecule has 0 unspecified atom stereocenters. The van der Waals surface area contributed by atoms with Crippen molar-refractivity contribution in [2.75, 3.05) is 0 Å². The van der Waals surface area contributed by atoms with Crippen LogP contribution < -0.4 is 21.9 Å². The Morgan fingerprint density at radius 1 is 0.189 bits per heavy atom. The number of hydrogen-bond donors (Lipinski definition) is 0. The Bertz CT molecular complexity index is 2070. The molecule has 0 saturated heterocycles. The van der Waals surface area contributed by atoms with Gasteiger partial charge >= 0.3 is 0 Å². The normalized spacial score (nSPS) is 11.4. The van der Waals surface area contributed by atoms with Crippen LogP contribution in [0.2, 0.25) is 0 Å². The molecule has 0 atom stereocenters. The maximum atomic E-state index is 2.37. The first kappa shape index (κ1) is 33.9. The summed E-state index contributed by atoms with van der Waals surface area (Å²) in [5.74, 6) is 0. The Morgan fingerprint density at radius 2 is 0.321 bits per heavy atom. The standard InChI is InChI=1S/C52H44B/c1-37-5-13-41(14-6-37)45-21-29-49(30-22-45)53(50-31-23-46(24-32-50)42-15-7-38(2)8-16-42,51-33-25-47(26-34-51)43-17-9-39(3)10-18-43)52-35-27-48(28-36-52)44-19-11-40(4)12-20-44/h5-36H,1-4H3/q-1. The van der Waals surface area contributed by atoms with Gasteiger partial charge in [0.1, 0.15) is 6.15 Å². The van der Waals surface area contributed by atoms with E-state index in [2.05, 4.69) is 222 Å². The molecule has 0 amide bonds. The van der Waals surface area contributed by atoms with Gasteiger partial charge < -0.3 is 0 Å². The van der Waals surface area contributed by atoms with Crippen molar-refractivity contribution in [3.8, 4) is 44.5 Å². The van der Waals surface area contributed by atoms with Crippen LogP contribution in [0.25, 0.3) is 44.5 Å². The number of hydrogen-bond acceptors (Lipinski definition) is 0. The molecule has 0 spiro atoms. The lowest BCUT2D eigenvalue weighted by molar-refractivity contribution is 1.47. The van der Waals surface area contributed by atoms with E-state index in [0.29, 0.717) is 0 Å². The quantitative estimate of drug-likeness (QED) is 0.140. The van der Waals surface area contributed by atoms with E-state index in [1.165, 1.54) is 88.6 Å². The summed E-state index contributed by atoms with van der Waals surface area (Å²) in [6.07, 6.45) is -1.60. The van der Waals surface area contributed by atoms with E-state index in [4.69, 9.17) is 0 Å². The third-order valence-corrected chi connectivity index (χ3v) is 11.2. The largest absolute Gasteiger partial charge is 0.195 e. The van der Waals surface area contributed by atoms with E-state index in [9.17, 15) is 0 Å². The van der Waals surface area contributed by atoms with Crippen LogP contribution in [0.4, 0.5) is 0 Å². The van der Waals surface area contributed by atoms with Gasteiger partial charge in [-0.3, -0.25) is 0 Å². The van der Waals surface area contributed by atoms with Crippen molar-refractivity contribution in [2.24, 2.45) is 0 Å². The van der Waals surface area contributed by atoms with E-state index >= 15 is 0 Å². The zero-order valence-corrected chi connectivity index (χ0v) is 31.1. The molecule has 0 nitrogen and oxygen atoms in total. The molecule has 8 rings (SSSR count). The minimum absolute atomic E-state index is 1.22. The van der Waals surface area contributed by atoms with Crippen LogP contribution in [0.15, 0.2) is 194 Å². The average molecular weight is 680 g/mol. The summed E-state index contributed by atoms with van der Waals surface area (Å²) >= 11 is 0. The predicted molar refractivity (Wildman–Crippen MR) is 231 cm³/mol. The maximum absolute atomic E-state index is 2.37. The lowest BCUT2D eigenvalue weighted by Gasteiger charge is -2.44. The highest BCUT2D eigenvalue weighted by atomic mass is 14.1. The molecule has 0 saturated carbocycles. The van der Waals surface area contributed by atoms with E-state index in [0.717, 1.165) is 0 Å². The first-order valence-electron chi connectivity index (χ1n) is 18.7. The van der Waals surface area contributed by atoms with Crippen LogP contribution >= 0.6 is 0 Å². The van der Waals surface area contributed by atoms with E-state index in [-0.39, 0.29) is 0 Å². The fourth-order valence-electron chi connectivity index (χ4n) is 8.00. The molecular weight excluding hydrogens is 635 g/mol. The Morgan fingerprint density at radius 3 is 0.472 bits per heavy atom. The van der Waals surface area contributed by atoms with Crippen LogP contribution in [0.1, 0.15) is 22.3 Å². The summed E-state index contributed by atoms with van der Waals surface area (Å²) in [6, 6.07) is 72.7. The first-order chi connectivity index (χ1) is 25.9. The maximum Gasteiger partial charge on any atom is 0.108 e. The fourth-order valence-corrected chi connectivity index (χ4v) is 8.00. The summed E-state index contributed by atoms with van der Waals surface area (Å²) in [7, 11) is 0. The van der Waals surface area contributed by atoms with E-state index in [1.54, 1.807) is 0 Å². The lowest BCUT2D eigenvalue weighted by Crippen LogP contribution is -2.74. The van der Waals surface area contributed by atoms with Gasteiger partial charge in [0.05, 0.1) is 0 Å². The van der Waals surface area contributed by atoms with Crippen LogP contribution in [-0.2, 0) is 0 Å². The van der Waals surface area contributed by atoms with Crippen LogP contribution in [-0.4, -0.2) is 6.15 Å². The van der Waals surface area contributed by atoms with Crippen LogP contribution in [0, 0.1) is 27.7 Å². The van der Waals surface area contributed by atoms with Crippen LogP contribution in [0.3, 0.4) is 0 Å². The predicted octanol–water partition coefficient (Wildman–Crippen LogP) is 11.0. The Kier molecular flexibility index (Phi) is 9.25. The fraction of sp³-hybridized carbons (Fsp3) is 0.0769. The van der Waals surface area contributed by atoms with Crippen molar-refractivity contribution in [2.45, 2.75) is 27.7 Å². The minimum atomic E-state index is -1.60. The highest BCUT2D eigenvalue weighted by Crippen LogP contribution is 2.25. The van der Waals surface area contributed by atoms with Crippen molar-refractivity contribution in [3.63, 3.8) is 0 Å². The highest BCUT2D eigenvalue weighted by Gasteiger charge is 2.32. The molecule has 0 heterocycles. The van der Waals surface area contributed by atoms with Gasteiger partial charge in [-0.15, -0.1) is 0 Å². The smallest absolute Gasteiger partial charge is 0.108 e. The molecule has 0 fully saturated rings. The molecule has 0 N–H and O–H groups in total. The van der Waals surface area contributed by atoms with Gasteiger partial charge in [-0.25, -0.2) is 0 Å². The zero-order chi connectivity index (χ0) is 36.4. The van der Waals surface area contributed by atoms with E-state index < -0.39 is 6.15 Å². The Labute approximate surface area is 315 Å². The number of aryl methyl sites for hydroxylation is 4. The molecule has 0 aliphatic rings. The van der Waals surface area contributed by atoms with Gasteiger partial charge in [0, 0.05) is 0 Å². The molecule has 0 bridgehead atoms. The molecule has 0 aliphatic carbocycles. The average Bonchev–Trinajstić information content (AvgIpc) is 3.20.